The van der Waals surface area contributed by atoms with Crippen molar-refractivity contribution in [3.8, 4) is 0 Å². The quantitative estimate of drug-likeness (QED) is 0.108. The molecule has 0 heterocycles. The summed E-state index contributed by atoms with van der Waals surface area (Å²) in [4.78, 5) is 45.7. The van der Waals surface area contributed by atoms with Gasteiger partial charge in [-0.3, -0.25) is 9.78 Å². The van der Waals surface area contributed by atoms with Crippen molar-refractivity contribution < 1.29 is 29.1 Å². The van der Waals surface area contributed by atoms with Crippen LogP contribution in [0.5, 0.6) is 0 Å². The number of unbranched alkanes of at least 4 members (excludes halogenated alkanes) is 4. The summed E-state index contributed by atoms with van der Waals surface area (Å²) < 4.78 is 0. The summed E-state index contributed by atoms with van der Waals surface area (Å²) in [5, 5.41) is 0. The first-order valence-electron chi connectivity index (χ1n) is 11.7. The summed E-state index contributed by atoms with van der Waals surface area (Å²) in [6.45, 7) is 11.8. The zero-order valence-electron chi connectivity index (χ0n) is 19.6. The lowest BCUT2D eigenvalue weighted by molar-refractivity contribution is -0.479. The fraction of sp³-hybridized carbons (Fsp3) is 0.913. The first kappa shape index (κ1) is 27.9. The van der Waals surface area contributed by atoms with Crippen LogP contribution >= 0.6 is 0 Å². The van der Waals surface area contributed by atoms with Gasteiger partial charge in [0, 0.05) is 6.42 Å². The third-order valence-electron chi connectivity index (χ3n) is 5.30. The average molecular weight is 417 g/mol. The molecular formula is C23H44O6. The molecule has 0 radical (unpaired) electrons. The molecule has 0 spiro atoms. The monoisotopic (exact) mass is 416 g/mol. The second-order valence-corrected chi connectivity index (χ2v) is 8.06. The summed E-state index contributed by atoms with van der Waals surface area (Å²) in [6, 6.07) is 0. The Morgan fingerprint density at radius 2 is 1.10 bits per heavy atom. The standard InChI is InChI=1S/C23H44O6/c1-7-12-15-18-23(6,28-26-21(24)19(10-4)16-13-8-2)29-27-22(25)20(11-5)17-14-9-3/h19-20H,7-18H2,1-6H3. The number of rotatable bonds is 18. The van der Waals surface area contributed by atoms with Crippen LogP contribution in [0.2, 0.25) is 0 Å². The zero-order chi connectivity index (χ0) is 22.1. The highest BCUT2D eigenvalue weighted by Gasteiger charge is 2.34. The van der Waals surface area contributed by atoms with Crippen molar-refractivity contribution in [1.29, 1.82) is 0 Å². The van der Waals surface area contributed by atoms with Crippen molar-refractivity contribution in [2.75, 3.05) is 0 Å². The van der Waals surface area contributed by atoms with Crippen LogP contribution in [-0.4, -0.2) is 17.7 Å². The van der Waals surface area contributed by atoms with Crippen LogP contribution < -0.4 is 0 Å². The third kappa shape index (κ3) is 12.2. The summed E-state index contributed by atoms with van der Waals surface area (Å²) >= 11 is 0. The first-order valence-corrected chi connectivity index (χ1v) is 11.7. The molecule has 29 heavy (non-hydrogen) atoms. The molecule has 0 saturated carbocycles. The van der Waals surface area contributed by atoms with Crippen molar-refractivity contribution in [3.63, 3.8) is 0 Å². The lowest BCUT2D eigenvalue weighted by Gasteiger charge is -2.27. The van der Waals surface area contributed by atoms with Crippen LogP contribution in [0.1, 0.15) is 119 Å². The Bertz CT molecular complexity index is 405. The topological polar surface area (TPSA) is 71.1 Å². The van der Waals surface area contributed by atoms with Gasteiger partial charge in [0.2, 0.25) is 0 Å². The Kier molecular flexibility index (Phi) is 16.0. The van der Waals surface area contributed by atoms with Gasteiger partial charge in [-0.05, 0) is 39.0 Å². The fourth-order valence-electron chi connectivity index (χ4n) is 3.07. The SMILES string of the molecule is CCCCCC(C)(OOC(=O)C(CC)CCCC)OOC(=O)C(CC)CCCC. The van der Waals surface area contributed by atoms with E-state index < -0.39 is 17.7 Å². The molecule has 0 aromatic heterocycles. The Hall–Kier alpha value is -1.14. The van der Waals surface area contributed by atoms with Crippen LogP contribution in [0.25, 0.3) is 0 Å². The van der Waals surface area contributed by atoms with E-state index in [4.69, 9.17) is 19.6 Å². The second-order valence-electron chi connectivity index (χ2n) is 8.06. The summed E-state index contributed by atoms with van der Waals surface area (Å²) in [5.74, 6) is -2.50. The molecule has 0 bridgehead atoms. The second kappa shape index (κ2) is 16.6. The van der Waals surface area contributed by atoms with Crippen LogP contribution in [-0.2, 0) is 29.1 Å². The Morgan fingerprint density at radius 1 is 0.690 bits per heavy atom. The minimum atomic E-state index is -1.31. The van der Waals surface area contributed by atoms with E-state index in [1.807, 2.05) is 13.8 Å². The van der Waals surface area contributed by atoms with Crippen molar-refractivity contribution in [2.45, 2.75) is 124 Å². The van der Waals surface area contributed by atoms with Gasteiger partial charge >= 0.3 is 11.9 Å². The van der Waals surface area contributed by atoms with Crippen LogP contribution in [0, 0.1) is 11.8 Å². The zero-order valence-corrected chi connectivity index (χ0v) is 19.6. The molecule has 6 heteroatoms. The molecule has 0 aliphatic heterocycles. The molecule has 0 aliphatic carbocycles. The van der Waals surface area contributed by atoms with E-state index in [1.54, 1.807) is 6.92 Å². The van der Waals surface area contributed by atoms with Crippen molar-refractivity contribution >= 4 is 11.9 Å². The van der Waals surface area contributed by atoms with Crippen molar-refractivity contribution in [2.24, 2.45) is 11.8 Å². The summed E-state index contributed by atoms with van der Waals surface area (Å²) in [7, 11) is 0. The maximum absolute atomic E-state index is 12.4. The van der Waals surface area contributed by atoms with Gasteiger partial charge in [0.05, 0.1) is 11.8 Å². The van der Waals surface area contributed by atoms with Gasteiger partial charge < -0.3 is 0 Å². The van der Waals surface area contributed by atoms with Gasteiger partial charge in [-0.25, -0.2) is 9.59 Å². The largest absolute Gasteiger partial charge is 0.345 e. The Morgan fingerprint density at radius 3 is 1.45 bits per heavy atom. The summed E-state index contributed by atoms with van der Waals surface area (Å²) in [5.41, 5.74) is 0. The Balaban J connectivity index is 4.85. The van der Waals surface area contributed by atoms with Crippen LogP contribution in [0.15, 0.2) is 0 Å². The van der Waals surface area contributed by atoms with E-state index in [2.05, 4.69) is 20.8 Å². The molecule has 0 fully saturated rings. The molecule has 0 N–H and O–H groups in total. The van der Waals surface area contributed by atoms with Gasteiger partial charge in [-0.1, -0.05) is 73.1 Å². The molecule has 0 aliphatic rings. The number of carbonyl (C=O) groups excluding carboxylic acids is 2. The van der Waals surface area contributed by atoms with E-state index in [0.29, 0.717) is 19.3 Å². The maximum atomic E-state index is 12.4. The van der Waals surface area contributed by atoms with Gasteiger partial charge in [-0.15, -0.1) is 9.78 Å². The van der Waals surface area contributed by atoms with Crippen LogP contribution in [0.3, 0.4) is 0 Å². The highest BCUT2D eigenvalue weighted by molar-refractivity contribution is 5.72. The van der Waals surface area contributed by atoms with E-state index in [-0.39, 0.29) is 11.8 Å². The minimum Gasteiger partial charge on any atom is -0.295 e. The molecule has 6 nitrogen and oxygen atoms in total. The number of hydrogen-bond acceptors (Lipinski definition) is 6. The summed E-state index contributed by atoms with van der Waals surface area (Å²) in [6.07, 6.45) is 10.2. The van der Waals surface area contributed by atoms with Gasteiger partial charge in [0.25, 0.3) is 5.79 Å². The van der Waals surface area contributed by atoms with Gasteiger partial charge in [0.15, 0.2) is 0 Å². The normalized spacial score (nSPS) is 15.4. The molecule has 0 rings (SSSR count). The number of hydrogen-bond donors (Lipinski definition) is 0. The molecule has 2 unspecified atom stereocenters. The maximum Gasteiger partial charge on any atom is 0.345 e. The minimum absolute atomic E-state index is 0.198. The number of carbonyl (C=O) groups is 2. The molecule has 2 atom stereocenters. The fourth-order valence-corrected chi connectivity index (χ4v) is 3.07. The predicted octanol–water partition coefficient (Wildman–Crippen LogP) is 6.67. The molecule has 172 valence electrons. The van der Waals surface area contributed by atoms with E-state index >= 15 is 0 Å². The molecule has 0 amide bonds. The molecule has 0 saturated heterocycles. The molecular weight excluding hydrogens is 372 g/mol. The van der Waals surface area contributed by atoms with E-state index in [9.17, 15) is 9.59 Å². The smallest absolute Gasteiger partial charge is 0.295 e. The molecule has 0 aromatic rings. The van der Waals surface area contributed by atoms with E-state index in [1.165, 1.54) is 0 Å². The highest BCUT2D eigenvalue weighted by atomic mass is 17.3. The van der Waals surface area contributed by atoms with Crippen LogP contribution in [0.4, 0.5) is 0 Å². The lowest BCUT2D eigenvalue weighted by atomic mass is 10.00. The van der Waals surface area contributed by atoms with Gasteiger partial charge in [-0.2, -0.15) is 0 Å². The highest BCUT2D eigenvalue weighted by Crippen LogP contribution is 2.25. The average Bonchev–Trinajstić information content (AvgIpc) is 2.72. The third-order valence-corrected chi connectivity index (χ3v) is 5.30. The van der Waals surface area contributed by atoms with Gasteiger partial charge in [0.1, 0.15) is 0 Å². The predicted molar refractivity (Wildman–Crippen MR) is 114 cm³/mol. The lowest BCUT2D eigenvalue weighted by Crippen LogP contribution is -2.36. The van der Waals surface area contributed by atoms with Crippen molar-refractivity contribution in [3.05, 3.63) is 0 Å². The first-order chi connectivity index (χ1) is 13.9. The molecule has 0 aromatic carbocycles. The van der Waals surface area contributed by atoms with E-state index in [0.717, 1.165) is 57.8 Å². The Labute approximate surface area is 177 Å². The van der Waals surface area contributed by atoms with Crippen molar-refractivity contribution in [1.82, 2.24) is 0 Å².